The highest BCUT2D eigenvalue weighted by atomic mass is 35.5. The number of fused-ring (bicyclic) bond motifs is 1. The fraction of sp³-hybridized carbons (Fsp3) is 0.188. The molecule has 0 saturated carbocycles. The van der Waals surface area contributed by atoms with Crippen molar-refractivity contribution in [2.75, 3.05) is 12.4 Å². The summed E-state index contributed by atoms with van der Waals surface area (Å²) in [6.45, 7) is 1.46. The third kappa shape index (κ3) is 3.76. The number of methoxy groups -OCH3 is 1. The van der Waals surface area contributed by atoms with E-state index < -0.39 is 16.8 Å². The maximum absolute atomic E-state index is 12.2. The minimum atomic E-state index is -0.616. The number of esters is 1. The van der Waals surface area contributed by atoms with Crippen molar-refractivity contribution in [2.24, 2.45) is 0 Å². The van der Waals surface area contributed by atoms with E-state index in [-0.39, 0.29) is 17.2 Å². The molecule has 0 fully saturated rings. The third-order valence-electron chi connectivity index (χ3n) is 3.73. The molecular weight excluding hydrogens is 396 g/mol. The lowest BCUT2D eigenvalue weighted by atomic mass is 10.2. The molecule has 1 aromatic carbocycles. The van der Waals surface area contributed by atoms with Gasteiger partial charge >= 0.3 is 11.8 Å². The van der Waals surface area contributed by atoms with Gasteiger partial charge in [0, 0.05) is 15.8 Å². The molecule has 2 aromatic heterocycles. The molecule has 0 saturated heterocycles. The van der Waals surface area contributed by atoms with E-state index in [9.17, 15) is 19.7 Å². The van der Waals surface area contributed by atoms with Crippen LogP contribution in [0.4, 0.5) is 11.5 Å². The molecule has 9 nitrogen and oxygen atoms in total. The maximum atomic E-state index is 12.2. The second-order valence-electron chi connectivity index (χ2n) is 5.55. The smallest absolute Gasteiger partial charge is 0.390 e. The van der Waals surface area contributed by atoms with Crippen molar-refractivity contribution >= 4 is 56.4 Å². The van der Waals surface area contributed by atoms with Crippen LogP contribution >= 0.6 is 22.9 Å². The van der Waals surface area contributed by atoms with Crippen LogP contribution in [0.2, 0.25) is 5.02 Å². The van der Waals surface area contributed by atoms with E-state index >= 15 is 0 Å². The number of amides is 1. The molecule has 0 atom stereocenters. The zero-order chi connectivity index (χ0) is 19.7. The quantitative estimate of drug-likeness (QED) is 0.393. The minimum absolute atomic E-state index is 0.170. The van der Waals surface area contributed by atoms with Gasteiger partial charge in [-0.25, -0.2) is 4.79 Å². The maximum Gasteiger partial charge on any atom is 0.390 e. The number of nitrogens with one attached hydrogen (secondary N) is 1. The molecule has 0 spiro atoms. The standard InChI is InChI=1S/C16H13ClN4O5S/c1-8-5-12(21(24)25)19-20(8)7-13(22)18-9-3-4-10-11(6-9)27-15(14(10)17)16(23)26-2/h3-6H,7H2,1-2H3,(H,18,22). The molecule has 27 heavy (non-hydrogen) atoms. The number of hydrogen-bond donors (Lipinski definition) is 1. The van der Waals surface area contributed by atoms with Crippen molar-refractivity contribution in [3.63, 3.8) is 0 Å². The summed E-state index contributed by atoms with van der Waals surface area (Å²) in [4.78, 5) is 34.4. The van der Waals surface area contributed by atoms with Crippen molar-refractivity contribution in [3.8, 4) is 0 Å². The first-order valence-corrected chi connectivity index (χ1v) is 8.78. The average Bonchev–Trinajstić information content (AvgIpc) is 3.15. The second-order valence-corrected chi connectivity index (χ2v) is 6.98. The summed E-state index contributed by atoms with van der Waals surface area (Å²) < 4.78 is 6.66. The lowest BCUT2D eigenvalue weighted by Crippen LogP contribution is -2.20. The van der Waals surface area contributed by atoms with Gasteiger partial charge in [-0.3, -0.25) is 4.79 Å². The van der Waals surface area contributed by atoms with Crippen LogP contribution < -0.4 is 5.32 Å². The summed E-state index contributed by atoms with van der Waals surface area (Å²) in [5.74, 6) is -1.24. The Bertz CT molecular complexity index is 1070. The van der Waals surface area contributed by atoms with Crippen LogP contribution in [0.25, 0.3) is 10.1 Å². The number of nitrogens with zero attached hydrogens (tertiary/aromatic N) is 3. The van der Waals surface area contributed by atoms with E-state index in [4.69, 9.17) is 16.3 Å². The summed E-state index contributed by atoms with van der Waals surface area (Å²) >= 11 is 7.36. The zero-order valence-corrected chi connectivity index (χ0v) is 15.8. The fourth-order valence-electron chi connectivity index (χ4n) is 2.45. The van der Waals surface area contributed by atoms with Crippen LogP contribution in [0.15, 0.2) is 24.3 Å². The predicted molar refractivity (Wildman–Crippen MR) is 100 cm³/mol. The fourth-order valence-corrected chi connectivity index (χ4v) is 3.91. The molecule has 0 aliphatic rings. The van der Waals surface area contributed by atoms with Gasteiger partial charge in [0.15, 0.2) is 0 Å². The van der Waals surface area contributed by atoms with Gasteiger partial charge in [0.25, 0.3) is 0 Å². The summed E-state index contributed by atoms with van der Waals surface area (Å²) in [5.41, 5.74) is 1.00. The van der Waals surface area contributed by atoms with E-state index in [0.29, 0.717) is 26.5 Å². The first-order chi connectivity index (χ1) is 12.8. The lowest BCUT2D eigenvalue weighted by molar-refractivity contribution is -0.389. The molecule has 0 aliphatic heterocycles. The molecule has 0 unspecified atom stereocenters. The number of benzene rings is 1. The highest BCUT2D eigenvalue weighted by Gasteiger charge is 2.19. The van der Waals surface area contributed by atoms with Gasteiger partial charge in [-0.15, -0.1) is 11.3 Å². The second kappa shape index (κ2) is 7.33. The van der Waals surface area contributed by atoms with E-state index in [2.05, 4.69) is 10.4 Å². The molecule has 0 bridgehead atoms. The highest BCUT2D eigenvalue weighted by molar-refractivity contribution is 7.21. The Morgan fingerprint density at radius 3 is 2.78 bits per heavy atom. The molecule has 0 aliphatic carbocycles. The number of anilines is 1. The molecule has 3 rings (SSSR count). The van der Waals surface area contributed by atoms with Crippen LogP contribution in [0.1, 0.15) is 15.4 Å². The molecule has 140 valence electrons. The van der Waals surface area contributed by atoms with Crippen LogP contribution in [-0.4, -0.2) is 33.7 Å². The summed E-state index contributed by atoms with van der Waals surface area (Å²) in [6, 6.07) is 6.33. The molecular formula is C16H13ClN4O5S. The van der Waals surface area contributed by atoms with Gasteiger partial charge < -0.3 is 20.2 Å². The Balaban J connectivity index is 1.79. The Labute approximate surface area is 161 Å². The van der Waals surface area contributed by atoms with Gasteiger partial charge in [0.2, 0.25) is 5.91 Å². The zero-order valence-electron chi connectivity index (χ0n) is 14.2. The van der Waals surface area contributed by atoms with Gasteiger partial charge in [0.05, 0.1) is 29.0 Å². The summed E-state index contributed by atoms with van der Waals surface area (Å²) in [7, 11) is 1.27. The van der Waals surface area contributed by atoms with E-state index in [1.54, 1.807) is 25.1 Å². The highest BCUT2D eigenvalue weighted by Crippen LogP contribution is 2.37. The third-order valence-corrected chi connectivity index (χ3v) is 5.37. The number of thiophene rings is 1. The number of aromatic nitrogens is 2. The molecule has 0 radical (unpaired) electrons. The Morgan fingerprint density at radius 2 is 2.15 bits per heavy atom. The van der Waals surface area contributed by atoms with E-state index in [1.807, 2.05) is 0 Å². The Hall–Kier alpha value is -2.98. The molecule has 2 heterocycles. The largest absolute Gasteiger partial charge is 0.465 e. The predicted octanol–water partition coefficient (Wildman–Crippen LogP) is 3.39. The molecule has 3 aromatic rings. The monoisotopic (exact) mass is 408 g/mol. The molecule has 1 amide bonds. The first-order valence-electron chi connectivity index (χ1n) is 7.59. The Kier molecular flexibility index (Phi) is 5.10. The number of carbonyl (C=O) groups excluding carboxylic acids is 2. The molecule has 1 N–H and O–H groups in total. The number of carbonyl (C=O) groups is 2. The average molecular weight is 409 g/mol. The van der Waals surface area contributed by atoms with Crippen molar-refractivity contribution in [1.82, 2.24) is 9.78 Å². The minimum Gasteiger partial charge on any atom is -0.465 e. The number of rotatable bonds is 5. The van der Waals surface area contributed by atoms with E-state index in [1.165, 1.54) is 17.9 Å². The van der Waals surface area contributed by atoms with Crippen molar-refractivity contribution in [1.29, 1.82) is 0 Å². The van der Waals surface area contributed by atoms with Crippen molar-refractivity contribution < 1.29 is 19.2 Å². The van der Waals surface area contributed by atoms with Gasteiger partial charge in [-0.05, 0) is 30.0 Å². The molecule has 11 heteroatoms. The van der Waals surface area contributed by atoms with Crippen LogP contribution in [0.5, 0.6) is 0 Å². The normalized spacial score (nSPS) is 10.8. The van der Waals surface area contributed by atoms with Crippen LogP contribution in [0, 0.1) is 17.0 Å². The number of ether oxygens (including phenoxy) is 1. The first kappa shape index (κ1) is 18.8. The number of nitro groups is 1. The van der Waals surface area contributed by atoms with Crippen LogP contribution in [0.3, 0.4) is 0 Å². The topological polar surface area (TPSA) is 116 Å². The van der Waals surface area contributed by atoms with Crippen molar-refractivity contribution in [2.45, 2.75) is 13.5 Å². The summed E-state index contributed by atoms with van der Waals surface area (Å²) in [5, 5.41) is 18.2. The number of hydrogen-bond acceptors (Lipinski definition) is 7. The number of halogens is 1. The summed E-state index contributed by atoms with van der Waals surface area (Å²) in [6.07, 6.45) is 0. The van der Waals surface area contributed by atoms with Crippen LogP contribution in [-0.2, 0) is 16.1 Å². The van der Waals surface area contributed by atoms with Gasteiger partial charge in [-0.2, -0.15) is 4.68 Å². The van der Waals surface area contributed by atoms with Gasteiger partial charge in [-0.1, -0.05) is 11.6 Å². The Morgan fingerprint density at radius 1 is 1.41 bits per heavy atom. The number of aryl methyl sites for hydroxylation is 1. The van der Waals surface area contributed by atoms with Gasteiger partial charge in [0.1, 0.15) is 11.4 Å². The van der Waals surface area contributed by atoms with Crippen molar-refractivity contribution in [3.05, 3.63) is 50.0 Å². The van der Waals surface area contributed by atoms with E-state index in [0.717, 1.165) is 11.3 Å². The lowest BCUT2D eigenvalue weighted by Gasteiger charge is -2.05. The SMILES string of the molecule is COC(=O)c1sc2cc(NC(=O)Cn3nc([N+](=O)[O-])cc3C)ccc2c1Cl.